The molecule has 65 heavy (non-hydrogen) atoms. The monoisotopic (exact) mass is 929 g/mol. The third-order valence-corrected chi connectivity index (χ3v) is 19.4. The zero-order valence-electron chi connectivity index (χ0n) is 39.5. The van der Waals surface area contributed by atoms with Crippen molar-refractivity contribution in [2.45, 2.75) is 218 Å². The molecule has 0 aromatic carbocycles. The van der Waals surface area contributed by atoms with Crippen LogP contribution in [0.2, 0.25) is 0 Å². The van der Waals surface area contributed by atoms with Gasteiger partial charge in [-0.25, -0.2) is 0 Å². The van der Waals surface area contributed by atoms with E-state index in [1.807, 2.05) is 0 Å². The molecule has 0 aromatic rings. The van der Waals surface area contributed by atoms with Crippen LogP contribution < -0.4 is 0 Å². The Morgan fingerprint density at radius 1 is 0.631 bits per heavy atom. The molecule has 0 spiro atoms. The minimum atomic E-state index is -1.76. The van der Waals surface area contributed by atoms with Gasteiger partial charge >= 0.3 is 0 Å². The second-order valence-corrected chi connectivity index (χ2v) is 23.6. The topological polar surface area (TPSA) is 278 Å². The fourth-order valence-electron chi connectivity index (χ4n) is 15.1. The molecule has 24 atom stereocenters. The van der Waals surface area contributed by atoms with Gasteiger partial charge in [-0.05, 0) is 110 Å². The molecule has 3 heterocycles. The van der Waals surface area contributed by atoms with E-state index in [-0.39, 0.29) is 40.1 Å². The highest BCUT2D eigenvalue weighted by molar-refractivity contribution is 5.35. The van der Waals surface area contributed by atoms with Crippen LogP contribution in [-0.4, -0.2) is 180 Å². The molecule has 8 aliphatic rings. The van der Waals surface area contributed by atoms with Gasteiger partial charge in [-0.3, -0.25) is 0 Å². The lowest BCUT2D eigenvalue weighted by molar-refractivity contribution is -0.373. The zero-order chi connectivity index (χ0) is 47.6. The van der Waals surface area contributed by atoms with E-state index in [0.717, 1.165) is 44.9 Å². The van der Waals surface area contributed by atoms with E-state index < -0.39 is 128 Å². The average Bonchev–Trinajstić information content (AvgIpc) is 3.24. The van der Waals surface area contributed by atoms with Crippen molar-refractivity contribution in [2.75, 3.05) is 19.8 Å². The molecule has 5 aliphatic carbocycles. The maximum atomic E-state index is 12.1. The lowest BCUT2D eigenvalue weighted by Crippen LogP contribution is -2.67. The molecule has 0 radical (unpaired) electrons. The largest absolute Gasteiger partial charge is 0.396 e. The Kier molecular flexibility index (Phi) is 13.8. The SMILES string of the molecule is C[C@@H]1O[C@@H](O[C@H]2[C@H](O)[C@@H](O)[C@H](O[C@H]3CC[C@]4(C)C5CC=C6[C@@H]7CC(C)(C)CC[C@]7(CO)[C@@H](O)C[C@@]6(C)[C@]5(C)CC[C@H]4C3(C)C)O[C@@H]2CO[C@@H]2O[C@H](CO)[C@@H](O)[C@H](O)[C@H]2O)[C@H](O)[C@H](O)[C@H]1O. The quantitative estimate of drug-likeness (QED) is 0.112. The summed E-state index contributed by atoms with van der Waals surface area (Å²) in [6, 6.07) is 0. The van der Waals surface area contributed by atoms with Crippen molar-refractivity contribution in [3.8, 4) is 0 Å². The molecular weight excluding hydrogens is 849 g/mol. The smallest absolute Gasteiger partial charge is 0.187 e. The number of rotatable bonds is 9. The Bertz CT molecular complexity index is 1730. The number of hydrogen-bond donors (Lipinski definition) is 11. The summed E-state index contributed by atoms with van der Waals surface area (Å²) < 4.78 is 36.3. The molecule has 7 fully saturated rings. The number of hydrogen-bond acceptors (Lipinski definition) is 17. The third kappa shape index (κ3) is 7.94. The number of fused-ring (bicyclic) bond motifs is 7. The molecule has 0 aromatic heterocycles. The minimum absolute atomic E-state index is 0.0134. The van der Waals surface area contributed by atoms with Crippen molar-refractivity contribution in [3.63, 3.8) is 0 Å². The van der Waals surface area contributed by atoms with E-state index in [0.29, 0.717) is 18.8 Å². The lowest BCUT2D eigenvalue weighted by Gasteiger charge is -2.72. The van der Waals surface area contributed by atoms with Gasteiger partial charge in [-0.1, -0.05) is 60.1 Å². The predicted octanol–water partition coefficient (Wildman–Crippen LogP) is 0.612. The van der Waals surface area contributed by atoms with E-state index in [1.54, 1.807) is 0 Å². The highest BCUT2D eigenvalue weighted by Crippen LogP contribution is 2.76. The summed E-state index contributed by atoms with van der Waals surface area (Å²) in [6.45, 7) is 16.5. The fourth-order valence-corrected chi connectivity index (χ4v) is 15.1. The molecule has 3 aliphatic heterocycles. The summed E-state index contributed by atoms with van der Waals surface area (Å²) in [6.07, 6.45) is -14.1. The van der Waals surface area contributed by atoms with Gasteiger partial charge in [0, 0.05) is 5.41 Å². The Morgan fingerprint density at radius 2 is 1.26 bits per heavy atom. The summed E-state index contributed by atoms with van der Waals surface area (Å²) in [5.74, 6) is 0.601. The van der Waals surface area contributed by atoms with E-state index >= 15 is 0 Å². The summed E-state index contributed by atoms with van der Waals surface area (Å²) in [5, 5.41) is 119. The first kappa shape index (κ1) is 50.4. The van der Waals surface area contributed by atoms with Gasteiger partial charge in [0.25, 0.3) is 0 Å². The Balaban J connectivity index is 1.03. The van der Waals surface area contributed by atoms with Crippen LogP contribution in [0, 0.1) is 50.2 Å². The molecule has 0 amide bonds. The molecule has 0 bridgehead atoms. The third-order valence-electron chi connectivity index (χ3n) is 19.4. The van der Waals surface area contributed by atoms with E-state index in [9.17, 15) is 56.2 Å². The second-order valence-electron chi connectivity index (χ2n) is 23.6. The molecule has 1 unspecified atom stereocenters. The highest BCUT2D eigenvalue weighted by atomic mass is 16.8. The molecular formula is C48H80O17. The van der Waals surface area contributed by atoms with Gasteiger partial charge in [-0.15, -0.1) is 0 Å². The molecule has 8 rings (SSSR count). The molecule has 4 saturated carbocycles. The number of ether oxygens (including phenoxy) is 6. The first-order chi connectivity index (χ1) is 30.3. The Labute approximate surface area is 383 Å². The average molecular weight is 929 g/mol. The van der Waals surface area contributed by atoms with E-state index in [4.69, 9.17) is 28.4 Å². The molecule has 374 valence electrons. The van der Waals surface area contributed by atoms with Gasteiger partial charge < -0.3 is 84.6 Å². The molecule has 3 saturated heterocycles. The predicted molar refractivity (Wildman–Crippen MR) is 230 cm³/mol. The van der Waals surface area contributed by atoms with Crippen LogP contribution >= 0.6 is 0 Å². The minimum Gasteiger partial charge on any atom is -0.396 e. The van der Waals surface area contributed by atoms with Crippen LogP contribution in [0.5, 0.6) is 0 Å². The van der Waals surface area contributed by atoms with Crippen molar-refractivity contribution < 1.29 is 84.6 Å². The summed E-state index contributed by atoms with van der Waals surface area (Å²) in [5.41, 5.74) is 0.0788. The van der Waals surface area contributed by atoms with Crippen LogP contribution in [0.15, 0.2) is 11.6 Å². The van der Waals surface area contributed by atoms with Gasteiger partial charge in [0.2, 0.25) is 0 Å². The number of aliphatic hydroxyl groups is 11. The molecule has 17 nitrogen and oxygen atoms in total. The molecule has 11 N–H and O–H groups in total. The summed E-state index contributed by atoms with van der Waals surface area (Å²) in [7, 11) is 0. The van der Waals surface area contributed by atoms with Crippen molar-refractivity contribution in [1.82, 2.24) is 0 Å². The van der Waals surface area contributed by atoms with Gasteiger partial charge in [-0.2, -0.15) is 0 Å². The van der Waals surface area contributed by atoms with Crippen molar-refractivity contribution in [1.29, 1.82) is 0 Å². The van der Waals surface area contributed by atoms with Crippen molar-refractivity contribution in [3.05, 3.63) is 11.6 Å². The lowest BCUT2D eigenvalue weighted by atomic mass is 9.33. The maximum absolute atomic E-state index is 12.1. The molecule has 17 heteroatoms. The first-order valence-electron chi connectivity index (χ1n) is 24.3. The number of allylic oxidation sites excluding steroid dienone is 2. The second kappa shape index (κ2) is 17.7. The number of aliphatic hydroxyl groups excluding tert-OH is 11. The van der Waals surface area contributed by atoms with E-state index in [1.165, 1.54) is 12.5 Å². The normalized spacial score (nSPS) is 55.2. The van der Waals surface area contributed by atoms with Gasteiger partial charge in [0.05, 0.1) is 38.1 Å². The standard InChI is InChI=1S/C48H80O17/c1-22-31(52)33(54)37(58)41(61-22)65-39-26(20-60-40-36(57)34(55)32(53)25(19-49)62-40)63-42(38(59)35(39)56)64-30-12-13-45(6)27(44(30,4)5)11-14-46(7)28(45)10-9-23-24-17-43(2,3)15-16-48(24,21-50)29(51)18-47(23,46)8/h9,22,24-42,49-59H,10-21H2,1-8H3/t22-,24-,25+,26+,27-,28?,29-,30-,31-,32+,33+,34-,35+,36+,37+,38+,39+,40+,41-,42-,45-,46+,47+,48+/m0/s1. The van der Waals surface area contributed by atoms with Crippen molar-refractivity contribution in [2.24, 2.45) is 50.2 Å². The Hall–Kier alpha value is -0.940. The van der Waals surface area contributed by atoms with Gasteiger partial charge in [0.1, 0.15) is 67.1 Å². The maximum Gasteiger partial charge on any atom is 0.187 e. The first-order valence-corrected chi connectivity index (χ1v) is 24.3. The van der Waals surface area contributed by atoms with Crippen LogP contribution in [0.3, 0.4) is 0 Å². The Morgan fingerprint density at radius 3 is 1.94 bits per heavy atom. The van der Waals surface area contributed by atoms with E-state index in [2.05, 4.69) is 54.5 Å². The highest BCUT2D eigenvalue weighted by Gasteiger charge is 2.70. The van der Waals surface area contributed by atoms with Crippen LogP contribution in [0.1, 0.15) is 113 Å². The van der Waals surface area contributed by atoms with Crippen molar-refractivity contribution >= 4 is 0 Å². The summed E-state index contributed by atoms with van der Waals surface area (Å²) >= 11 is 0. The van der Waals surface area contributed by atoms with Crippen LogP contribution in [0.25, 0.3) is 0 Å². The van der Waals surface area contributed by atoms with Crippen LogP contribution in [0.4, 0.5) is 0 Å². The van der Waals surface area contributed by atoms with Gasteiger partial charge in [0.15, 0.2) is 18.9 Å². The zero-order valence-corrected chi connectivity index (χ0v) is 39.5. The summed E-state index contributed by atoms with van der Waals surface area (Å²) in [4.78, 5) is 0. The van der Waals surface area contributed by atoms with Crippen LogP contribution in [-0.2, 0) is 28.4 Å². The fraction of sp³-hybridized carbons (Fsp3) is 0.958.